The molecule has 0 aliphatic heterocycles. The summed E-state index contributed by atoms with van der Waals surface area (Å²) in [7, 11) is 0. The van der Waals surface area contributed by atoms with Gasteiger partial charge < -0.3 is 11.1 Å². The van der Waals surface area contributed by atoms with Gasteiger partial charge in [-0.3, -0.25) is 9.78 Å². The fourth-order valence-corrected chi connectivity index (χ4v) is 1.06. The largest absolute Gasteiger partial charge is 0.325 e. The Balaban J connectivity index is 2.87. The van der Waals surface area contributed by atoms with Crippen molar-refractivity contribution in [2.75, 3.05) is 5.32 Å². The van der Waals surface area contributed by atoms with Crippen molar-refractivity contribution in [2.24, 2.45) is 11.1 Å². The van der Waals surface area contributed by atoms with Crippen LogP contribution in [0.5, 0.6) is 0 Å². The van der Waals surface area contributed by atoms with Gasteiger partial charge in [-0.05, 0) is 27.7 Å². The molecule has 17 heavy (non-hydrogen) atoms. The maximum absolute atomic E-state index is 12.9. The summed E-state index contributed by atoms with van der Waals surface area (Å²) in [5.41, 5.74) is 4.81. The second-order valence-corrected chi connectivity index (χ2v) is 5.19. The number of hydrogen-bond donors (Lipinski definition) is 2. The lowest BCUT2D eigenvalue weighted by Gasteiger charge is -2.36. The Labute approximate surface area is 100 Å². The standard InChI is InChI=1S/C12H18FN3O/c1-11(2,12(3,4)14)10(17)16-9-5-8(13)6-15-7-9/h5-7H,14H2,1-4H3,(H,16,17). The third-order valence-corrected chi connectivity index (χ3v) is 3.14. The summed E-state index contributed by atoms with van der Waals surface area (Å²) in [5.74, 6) is -0.759. The van der Waals surface area contributed by atoms with Crippen LogP contribution in [0, 0.1) is 11.2 Å². The average Bonchev–Trinajstić information content (AvgIpc) is 2.15. The SMILES string of the molecule is CC(C)(N)C(C)(C)C(=O)Nc1cncc(F)c1. The third kappa shape index (κ3) is 3.00. The number of carbonyl (C=O) groups is 1. The van der Waals surface area contributed by atoms with E-state index in [1.807, 2.05) is 0 Å². The monoisotopic (exact) mass is 239 g/mol. The Morgan fingerprint density at radius 2 is 1.94 bits per heavy atom. The molecule has 1 rings (SSSR count). The third-order valence-electron chi connectivity index (χ3n) is 3.14. The zero-order valence-corrected chi connectivity index (χ0v) is 10.5. The Morgan fingerprint density at radius 3 is 2.41 bits per heavy atom. The number of carbonyl (C=O) groups excluding carboxylic acids is 1. The number of nitrogens with one attached hydrogen (secondary N) is 1. The first-order valence-electron chi connectivity index (χ1n) is 5.35. The van der Waals surface area contributed by atoms with Gasteiger partial charge in [0.1, 0.15) is 5.82 Å². The van der Waals surface area contributed by atoms with E-state index in [9.17, 15) is 9.18 Å². The van der Waals surface area contributed by atoms with Crippen molar-refractivity contribution in [3.05, 3.63) is 24.3 Å². The van der Waals surface area contributed by atoms with Crippen LogP contribution in [-0.4, -0.2) is 16.4 Å². The molecule has 1 aromatic heterocycles. The van der Waals surface area contributed by atoms with Crippen molar-refractivity contribution >= 4 is 11.6 Å². The molecule has 0 bridgehead atoms. The predicted octanol–water partition coefficient (Wildman–Crippen LogP) is 1.92. The molecule has 0 atom stereocenters. The number of nitrogens with zero attached hydrogens (tertiary/aromatic N) is 1. The van der Waals surface area contributed by atoms with Gasteiger partial charge in [-0.1, -0.05) is 0 Å². The highest BCUT2D eigenvalue weighted by Gasteiger charge is 2.40. The van der Waals surface area contributed by atoms with Gasteiger partial charge in [0, 0.05) is 11.6 Å². The number of pyridine rings is 1. The van der Waals surface area contributed by atoms with Crippen LogP contribution in [0.15, 0.2) is 18.5 Å². The van der Waals surface area contributed by atoms with Crippen LogP contribution in [0.2, 0.25) is 0 Å². The molecule has 0 unspecified atom stereocenters. The number of aromatic nitrogens is 1. The average molecular weight is 239 g/mol. The summed E-state index contributed by atoms with van der Waals surface area (Å²) >= 11 is 0. The molecular formula is C12H18FN3O. The van der Waals surface area contributed by atoms with E-state index in [2.05, 4.69) is 10.3 Å². The van der Waals surface area contributed by atoms with Gasteiger partial charge in [0.25, 0.3) is 0 Å². The molecule has 0 aromatic carbocycles. The number of amides is 1. The van der Waals surface area contributed by atoms with Gasteiger partial charge in [-0.2, -0.15) is 0 Å². The minimum Gasteiger partial charge on any atom is -0.325 e. The van der Waals surface area contributed by atoms with Crippen molar-refractivity contribution < 1.29 is 9.18 Å². The van der Waals surface area contributed by atoms with Crippen molar-refractivity contribution in [3.63, 3.8) is 0 Å². The van der Waals surface area contributed by atoms with Crippen LogP contribution in [0.25, 0.3) is 0 Å². The van der Waals surface area contributed by atoms with Crippen LogP contribution < -0.4 is 11.1 Å². The molecule has 3 N–H and O–H groups in total. The summed E-state index contributed by atoms with van der Waals surface area (Å²) in [6, 6.07) is 1.21. The van der Waals surface area contributed by atoms with Gasteiger partial charge in [0.05, 0.1) is 23.5 Å². The first-order chi connectivity index (χ1) is 7.64. The Morgan fingerprint density at radius 1 is 1.35 bits per heavy atom. The van der Waals surface area contributed by atoms with E-state index >= 15 is 0 Å². The molecule has 1 amide bonds. The van der Waals surface area contributed by atoms with Gasteiger partial charge in [-0.15, -0.1) is 0 Å². The van der Waals surface area contributed by atoms with Crippen molar-refractivity contribution in [1.29, 1.82) is 0 Å². The minimum absolute atomic E-state index is 0.266. The highest BCUT2D eigenvalue weighted by molar-refractivity contribution is 5.95. The Bertz CT molecular complexity index is 424. The minimum atomic E-state index is -0.778. The lowest BCUT2D eigenvalue weighted by Crippen LogP contribution is -2.53. The Hall–Kier alpha value is -1.49. The van der Waals surface area contributed by atoms with Crippen LogP contribution in [0.4, 0.5) is 10.1 Å². The van der Waals surface area contributed by atoms with E-state index in [0.29, 0.717) is 5.69 Å². The molecule has 4 nitrogen and oxygen atoms in total. The summed E-state index contributed by atoms with van der Waals surface area (Å²) in [6.07, 6.45) is 2.47. The number of nitrogens with two attached hydrogens (primary N) is 1. The summed E-state index contributed by atoms with van der Waals surface area (Å²) < 4.78 is 12.9. The van der Waals surface area contributed by atoms with E-state index in [4.69, 9.17) is 5.73 Å². The number of halogens is 1. The van der Waals surface area contributed by atoms with E-state index in [-0.39, 0.29) is 5.91 Å². The lowest BCUT2D eigenvalue weighted by atomic mass is 9.74. The number of hydrogen-bond acceptors (Lipinski definition) is 3. The van der Waals surface area contributed by atoms with Crippen LogP contribution in [0.3, 0.4) is 0 Å². The van der Waals surface area contributed by atoms with Crippen LogP contribution in [-0.2, 0) is 4.79 Å². The summed E-state index contributed by atoms with van der Waals surface area (Å²) in [5, 5.41) is 2.61. The zero-order valence-electron chi connectivity index (χ0n) is 10.5. The summed E-state index contributed by atoms with van der Waals surface area (Å²) in [4.78, 5) is 15.7. The molecule has 0 radical (unpaired) electrons. The Kier molecular flexibility index (Phi) is 3.52. The molecule has 5 heteroatoms. The van der Waals surface area contributed by atoms with E-state index in [1.165, 1.54) is 12.3 Å². The molecular weight excluding hydrogens is 221 g/mol. The van der Waals surface area contributed by atoms with Crippen molar-refractivity contribution in [1.82, 2.24) is 4.98 Å². The molecule has 1 aromatic rings. The first kappa shape index (κ1) is 13.6. The van der Waals surface area contributed by atoms with Gasteiger partial charge in [-0.25, -0.2) is 4.39 Å². The van der Waals surface area contributed by atoms with Gasteiger partial charge in [0.2, 0.25) is 5.91 Å². The fourth-order valence-electron chi connectivity index (χ4n) is 1.06. The van der Waals surface area contributed by atoms with E-state index in [1.54, 1.807) is 27.7 Å². The van der Waals surface area contributed by atoms with Crippen molar-refractivity contribution in [2.45, 2.75) is 33.2 Å². The molecule has 0 aliphatic rings. The highest BCUT2D eigenvalue weighted by atomic mass is 19.1. The fraction of sp³-hybridized carbons (Fsp3) is 0.500. The smallest absolute Gasteiger partial charge is 0.231 e. The van der Waals surface area contributed by atoms with Crippen molar-refractivity contribution in [3.8, 4) is 0 Å². The maximum atomic E-state index is 12.9. The lowest BCUT2D eigenvalue weighted by molar-refractivity contribution is -0.126. The first-order valence-corrected chi connectivity index (χ1v) is 5.35. The van der Waals surface area contributed by atoms with E-state index < -0.39 is 16.8 Å². The highest BCUT2D eigenvalue weighted by Crippen LogP contribution is 2.29. The molecule has 94 valence electrons. The molecule has 0 saturated carbocycles. The maximum Gasteiger partial charge on any atom is 0.231 e. The zero-order chi connectivity index (χ0) is 13.3. The number of anilines is 1. The summed E-state index contributed by atoms with van der Waals surface area (Å²) in [6.45, 7) is 7.04. The molecule has 0 saturated heterocycles. The van der Waals surface area contributed by atoms with Crippen LogP contribution in [0.1, 0.15) is 27.7 Å². The number of rotatable bonds is 3. The van der Waals surface area contributed by atoms with Gasteiger partial charge >= 0.3 is 0 Å². The van der Waals surface area contributed by atoms with Gasteiger partial charge in [0.15, 0.2) is 0 Å². The molecule has 1 heterocycles. The quantitative estimate of drug-likeness (QED) is 0.846. The topological polar surface area (TPSA) is 68.0 Å². The molecule has 0 spiro atoms. The molecule has 0 fully saturated rings. The normalized spacial score (nSPS) is 12.4. The predicted molar refractivity (Wildman–Crippen MR) is 64.9 cm³/mol. The second-order valence-electron chi connectivity index (χ2n) is 5.19. The molecule has 0 aliphatic carbocycles. The van der Waals surface area contributed by atoms with Crippen LogP contribution >= 0.6 is 0 Å². The van der Waals surface area contributed by atoms with E-state index in [0.717, 1.165) is 6.20 Å². The second kappa shape index (κ2) is 4.41.